The second-order valence-corrected chi connectivity index (χ2v) is 6.43. The molecule has 0 spiro atoms. The molecule has 0 aromatic rings. The molecule has 0 heterocycles. The number of hydrogen-bond donors (Lipinski definition) is 8. The molecule has 0 saturated carbocycles. The lowest BCUT2D eigenvalue weighted by Gasteiger charge is -2.23. The minimum Gasteiger partial charge on any atom is -0.480 e. The summed E-state index contributed by atoms with van der Waals surface area (Å²) in [6.07, 6.45) is 0.546. The largest absolute Gasteiger partial charge is 0.480 e. The van der Waals surface area contributed by atoms with Gasteiger partial charge in [-0.1, -0.05) is 0 Å². The highest BCUT2D eigenvalue weighted by Crippen LogP contribution is 2.04. The first-order chi connectivity index (χ1) is 13.5. The molecule has 0 rings (SSSR count). The smallest absolute Gasteiger partial charge is 0.326 e. The number of aliphatic hydroxyl groups excluding tert-OH is 1. The van der Waals surface area contributed by atoms with Crippen molar-refractivity contribution in [1.29, 1.82) is 0 Å². The molecule has 11 N–H and O–H groups in total. The fourth-order valence-electron chi connectivity index (χ4n) is 2.20. The van der Waals surface area contributed by atoms with Gasteiger partial charge in [0, 0.05) is 0 Å². The van der Waals surface area contributed by atoms with Crippen molar-refractivity contribution in [1.82, 2.24) is 16.0 Å². The highest BCUT2D eigenvalue weighted by Gasteiger charge is 2.29. The van der Waals surface area contributed by atoms with E-state index in [4.69, 9.17) is 27.4 Å². The van der Waals surface area contributed by atoms with Crippen molar-refractivity contribution in [2.75, 3.05) is 13.2 Å². The molecule has 13 nitrogen and oxygen atoms in total. The molecule has 0 aliphatic rings. The number of carbonyl (C=O) groups is 5. The van der Waals surface area contributed by atoms with Crippen LogP contribution in [0, 0.1) is 0 Å². The number of aliphatic hydroxyl groups is 1. The normalized spacial score (nSPS) is 14.8. The molecule has 4 amide bonds. The second kappa shape index (κ2) is 13.4. The fraction of sp³-hybridized carbons (Fsp3) is 0.688. The van der Waals surface area contributed by atoms with Gasteiger partial charge in [-0.3, -0.25) is 19.2 Å². The summed E-state index contributed by atoms with van der Waals surface area (Å²) >= 11 is 0. The van der Waals surface area contributed by atoms with Gasteiger partial charge in [0.05, 0.1) is 13.0 Å². The Hall–Kier alpha value is -2.77. The Balaban J connectivity index is 5.12. The number of unbranched alkanes of at least 4 members (excludes halogenated alkanes) is 1. The predicted molar refractivity (Wildman–Crippen MR) is 101 cm³/mol. The molecule has 0 aliphatic heterocycles. The van der Waals surface area contributed by atoms with E-state index in [2.05, 4.69) is 16.0 Å². The Morgan fingerprint density at radius 3 is 2.00 bits per heavy atom. The van der Waals surface area contributed by atoms with Crippen molar-refractivity contribution in [3.63, 3.8) is 0 Å². The maximum atomic E-state index is 12.5. The Kier molecular flexibility index (Phi) is 12.1. The lowest BCUT2D eigenvalue weighted by molar-refractivity contribution is -0.143. The third kappa shape index (κ3) is 10.4. The van der Waals surface area contributed by atoms with E-state index in [0.717, 1.165) is 0 Å². The maximum absolute atomic E-state index is 12.5. The molecule has 166 valence electrons. The summed E-state index contributed by atoms with van der Waals surface area (Å²) in [7, 11) is 0. The first kappa shape index (κ1) is 26.2. The van der Waals surface area contributed by atoms with E-state index in [1.54, 1.807) is 0 Å². The number of nitrogens with two attached hydrogens (primary N) is 3. The van der Waals surface area contributed by atoms with Gasteiger partial charge in [-0.2, -0.15) is 0 Å². The van der Waals surface area contributed by atoms with Crippen LogP contribution in [-0.4, -0.2) is 77.1 Å². The number of amides is 4. The molecule has 0 aromatic carbocycles. The van der Waals surface area contributed by atoms with Gasteiger partial charge in [0.2, 0.25) is 23.6 Å². The van der Waals surface area contributed by atoms with Crippen molar-refractivity contribution in [3.8, 4) is 0 Å². The molecule has 29 heavy (non-hydrogen) atoms. The van der Waals surface area contributed by atoms with Crippen molar-refractivity contribution < 1.29 is 34.2 Å². The number of hydrogen-bond acceptors (Lipinski definition) is 8. The van der Waals surface area contributed by atoms with E-state index in [0.29, 0.717) is 19.4 Å². The fourth-order valence-corrected chi connectivity index (χ4v) is 2.20. The molecule has 0 saturated heterocycles. The zero-order chi connectivity index (χ0) is 22.6. The van der Waals surface area contributed by atoms with Crippen LogP contribution in [0.1, 0.15) is 32.6 Å². The number of rotatable bonds is 14. The van der Waals surface area contributed by atoms with Gasteiger partial charge in [-0.05, 0) is 32.7 Å². The number of aliphatic carboxylic acids is 1. The first-order valence-electron chi connectivity index (χ1n) is 9.02. The van der Waals surface area contributed by atoms with Crippen LogP contribution in [-0.2, 0) is 24.0 Å². The molecule has 4 atom stereocenters. The quantitative estimate of drug-likeness (QED) is 0.128. The predicted octanol–water partition coefficient (Wildman–Crippen LogP) is -4.13. The number of nitrogens with one attached hydrogen (secondary N) is 3. The second-order valence-electron chi connectivity index (χ2n) is 6.43. The van der Waals surface area contributed by atoms with Crippen LogP contribution < -0.4 is 33.2 Å². The van der Waals surface area contributed by atoms with E-state index in [-0.39, 0.29) is 6.42 Å². The number of carboxylic acids is 1. The minimum atomic E-state index is -1.55. The van der Waals surface area contributed by atoms with Crippen LogP contribution in [0.2, 0.25) is 0 Å². The highest BCUT2D eigenvalue weighted by atomic mass is 16.4. The van der Waals surface area contributed by atoms with Gasteiger partial charge in [-0.15, -0.1) is 0 Å². The Bertz CT molecular complexity index is 600. The van der Waals surface area contributed by atoms with Crippen LogP contribution >= 0.6 is 0 Å². The standard InChI is InChI=1S/C16H30N6O7/c1-8(20-14(26)9(18)7-23)13(25)21-10(4-2-3-5-17)15(27)22-11(16(28)29)6-12(19)24/h8-11,23H,2-7,17-18H2,1H3,(H2,19,24)(H,20,26)(H,21,25)(H,22,27)(H,28,29). The Morgan fingerprint density at radius 1 is 0.931 bits per heavy atom. The van der Waals surface area contributed by atoms with Crippen molar-refractivity contribution in [2.45, 2.75) is 56.8 Å². The van der Waals surface area contributed by atoms with Crippen LogP contribution in [0.3, 0.4) is 0 Å². The lowest BCUT2D eigenvalue weighted by atomic mass is 10.1. The van der Waals surface area contributed by atoms with E-state index in [9.17, 15) is 24.0 Å². The van der Waals surface area contributed by atoms with E-state index in [1.165, 1.54) is 6.92 Å². The maximum Gasteiger partial charge on any atom is 0.326 e. The molecule has 0 aliphatic carbocycles. The van der Waals surface area contributed by atoms with Gasteiger partial charge in [0.25, 0.3) is 0 Å². The Labute approximate surface area is 167 Å². The third-order valence-electron chi connectivity index (χ3n) is 3.89. The van der Waals surface area contributed by atoms with Gasteiger partial charge in [0.1, 0.15) is 24.2 Å². The molecule has 0 aromatic heterocycles. The van der Waals surface area contributed by atoms with Gasteiger partial charge in [-0.25, -0.2) is 4.79 Å². The summed E-state index contributed by atoms with van der Waals surface area (Å²) in [5.41, 5.74) is 15.7. The molecule has 0 radical (unpaired) electrons. The Morgan fingerprint density at radius 2 is 1.52 bits per heavy atom. The van der Waals surface area contributed by atoms with Gasteiger partial charge >= 0.3 is 5.97 Å². The van der Waals surface area contributed by atoms with E-state index in [1.807, 2.05) is 0 Å². The SMILES string of the molecule is CC(NC(=O)C(N)CO)C(=O)NC(CCCCN)C(=O)NC(CC(N)=O)C(=O)O. The summed E-state index contributed by atoms with van der Waals surface area (Å²) in [4.78, 5) is 58.6. The number of carbonyl (C=O) groups excluding carboxylic acids is 4. The first-order valence-corrected chi connectivity index (χ1v) is 9.02. The summed E-state index contributed by atoms with van der Waals surface area (Å²) in [6, 6.07) is -4.96. The zero-order valence-electron chi connectivity index (χ0n) is 16.2. The zero-order valence-corrected chi connectivity index (χ0v) is 16.2. The summed E-state index contributed by atoms with van der Waals surface area (Å²) in [5, 5.41) is 24.8. The molecule has 4 unspecified atom stereocenters. The topological polar surface area (TPSA) is 240 Å². The summed E-state index contributed by atoms with van der Waals surface area (Å²) in [5.74, 6) is -4.68. The summed E-state index contributed by atoms with van der Waals surface area (Å²) < 4.78 is 0. The van der Waals surface area contributed by atoms with Crippen molar-refractivity contribution in [3.05, 3.63) is 0 Å². The third-order valence-corrected chi connectivity index (χ3v) is 3.89. The minimum absolute atomic E-state index is 0.147. The monoisotopic (exact) mass is 418 g/mol. The van der Waals surface area contributed by atoms with Crippen LogP contribution in [0.5, 0.6) is 0 Å². The summed E-state index contributed by atoms with van der Waals surface area (Å²) in [6.45, 7) is 1.09. The molecular formula is C16H30N6O7. The van der Waals surface area contributed by atoms with Crippen molar-refractivity contribution in [2.24, 2.45) is 17.2 Å². The molecule has 0 fully saturated rings. The van der Waals surface area contributed by atoms with Crippen LogP contribution in [0.25, 0.3) is 0 Å². The van der Waals surface area contributed by atoms with Crippen LogP contribution in [0.15, 0.2) is 0 Å². The van der Waals surface area contributed by atoms with Crippen molar-refractivity contribution >= 4 is 29.6 Å². The molecular weight excluding hydrogens is 388 g/mol. The van der Waals surface area contributed by atoms with E-state index >= 15 is 0 Å². The lowest BCUT2D eigenvalue weighted by Crippen LogP contribution is -2.56. The van der Waals surface area contributed by atoms with E-state index < -0.39 is 66.8 Å². The number of carboxylic acid groups (broad SMARTS) is 1. The molecule has 0 bridgehead atoms. The van der Waals surface area contributed by atoms with Gasteiger partial charge < -0.3 is 43.4 Å². The highest BCUT2D eigenvalue weighted by molar-refractivity contribution is 5.94. The van der Waals surface area contributed by atoms with Gasteiger partial charge in [0.15, 0.2) is 0 Å². The average Bonchev–Trinajstić information content (AvgIpc) is 2.65. The average molecular weight is 418 g/mol. The van der Waals surface area contributed by atoms with Crippen LogP contribution in [0.4, 0.5) is 0 Å². The molecule has 13 heteroatoms. The number of primary amides is 1.